The van der Waals surface area contributed by atoms with E-state index in [4.69, 9.17) is 4.74 Å². The normalized spacial score (nSPS) is 14.8. The number of hydrogen-bond acceptors (Lipinski definition) is 2. The van der Waals surface area contributed by atoms with Crippen molar-refractivity contribution >= 4 is 15.9 Å². The lowest BCUT2D eigenvalue weighted by molar-refractivity contribution is 0.0856. The maximum absolute atomic E-state index is 13.1. The third-order valence-electron chi connectivity index (χ3n) is 2.76. The fourth-order valence-corrected chi connectivity index (χ4v) is 2.01. The minimum atomic E-state index is -0.210. The Morgan fingerprint density at radius 3 is 2.75 bits per heavy atom. The molecule has 0 aliphatic rings. The van der Waals surface area contributed by atoms with E-state index in [0.717, 1.165) is 16.5 Å². The first-order valence-corrected chi connectivity index (χ1v) is 6.01. The standard InChI is InChI=1S/C12H17BrFNO/c1-8(16-3)12(15-2)7-9-6-10(14)4-5-11(9)13/h4-6,8,12,15H,7H2,1-3H3. The van der Waals surface area contributed by atoms with E-state index in [0.29, 0.717) is 0 Å². The minimum absolute atomic E-state index is 0.0835. The van der Waals surface area contributed by atoms with Crippen LogP contribution in [0.25, 0.3) is 0 Å². The predicted molar refractivity (Wildman–Crippen MR) is 67.1 cm³/mol. The average molecular weight is 290 g/mol. The zero-order valence-corrected chi connectivity index (χ0v) is 11.3. The van der Waals surface area contributed by atoms with Gasteiger partial charge in [-0.25, -0.2) is 4.39 Å². The van der Waals surface area contributed by atoms with E-state index >= 15 is 0 Å². The molecule has 0 saturated carbocycles. The van der Waals surface area contributed by atoms with Crippen LogP contribution in [0.3, 0.4) is 0 Å². The Morgan fingerprint density at radius 2 is 2.19 bits per heavy atom. The Hall–Kier alpha value is -0.450. The van der Waals surface area contributed by atoms with Crippen molar-refractivity contribution < 1.29 is 9.13 Å². The molecular formula is C12H17BrFNO. The van der Waals surface area contributed by atoms with Crippen LogP contribution < -0.4 is 5.32 Å². The number of rotatable bonds is 5. The van der Waals surface area contributed by atoms with Crippen molar-refractivity contribution in [1.82, 2.24) is 5.32 Å². The molecule has 0 fully saturated rings. The van der Waals surface area contributed by atoms with Gasteiger partial charge in [-0.15, -0.1) is 0 Å². The fraction of sp³-hybridized carbons (Fsp3) is 0.500. The van der Waals surface area contributed by atoms with Crippen LogP contribution in [0.2, 0.25) is 0 Å². The molecule has 0 bridgehead atoms. The van der Waals surface area contributed by atoms with Gasteiger partial charge in [0.05, 0.1) is 6.10 Å². The molecular weight excluding hydrogens is 273 g/mol. The van der Waals surface area contributed by atoms with Crippen LogP contribution in [0.4, 0.5) is 4.39 Å². The fourth-order valence-electron chi connectivity index (χ4n) is 1.60. The van der Waals surface area contributed by atoms with E-state index in [2.05, 4.69) is 21.2 Å². The highest BCUT2D eigenvalue weighted by molar-refractivity contribution is 9.10. The number of ether oxygens (including phenoxy) is 1. The maximum Gasteiger partial charge on any atom is 0.123 e. The number of hydrogen-bond donors (Lipinski definition) is 1. The predicted octanol–water partition coefficient (Wildman–Crippen LogP) is 2.75. The molecule has 0 amide bonds. The Bertz CT molecular complexity index is 346. The molecule has 2 nitrogen and oxygen atoms in total. The van der Waals surface area contributed by atoms with Crippen LogP contribution in [0.15, 0.2) is 22.7 Å². The van der Waals surface area contributed by atoms with Gasteiger partial charge in [0.25, 0.3) is 0 Å². The maximum atomic E-state index is 13.1. The first-order valence-electron chi connectivity index (χ1n) is 5.22. The van der Waals surface area contributed by atoms with Crippen LogP contribution in [0.5, 0.6) is 0 Å². The number of likely N-dealkylation sites (N-methyl/N-ethyl adjacent to an activating group) is 1. The molecule has 1 aromatic rings. The molecule has 4 heteroatoms. The topological polar surface area (TPSA) is 21.3 Å². The summed E-state index contributed by atoms with van der Waals surface area (Å²) in [6.07, 6.45) is 0.810. The lowest BCUT2D eigenvalue weighted by atomic mass is 10.0. The van der Waals surface area contributed by atoms with Gasteiger partial charge in [0.15, 0.2) is 0 Å². The summed E-state index contributed by atoms with van der Waals surface area (Å²) in [6.45, 7) is 1.99. The average Bonchev–Trinajstić information content (AvgIpc) is 2.29. The monoisotopic (exact) mass is 289 g/mol. The van der Waals surface area contributed by atoms with E-state index in [9.17, 15) is 4.39 Å². The van der Waals surface area contributed by atoms with Crippen molar-refractivity contribution in [3.8, 4) is 0 Å². The first-order chi connectivity index (χ1) is 7.58. The Morgan fingerprint density at radius 1 is 1.50 bits per heavy atom. The van der Waals surface area contributed by atoms with Gasteiger partial charge in [-0.05, 0) is 44.2 Å². The third-order valence-corrected chi connectivity index (χ3v) is 3.53. The van der Waals surface area contributed by atoms with Gasteiger partial charge in [0, 0.05) is 17.6 Å². The smallest absolute Gasteiger partial charge is 0.123 e. The summed E-state index contributed by atoms with van der Waals surface area (Å²) in [7, 11) is 3.56. The molecule has 0 aliphatic heterocycles. The second-order valence-electron chi connectivity index (χ2n) is 3.78. The molecule has 2 atom stereocenters. The van der Waals surface area contributed by atoms with Crippen LogP contribution in [-0.4, -0.2) is 26.3 Å². The van der Waals surface area contributed by atoms with Crippen LogP contribution >= 0.6 is 15.9 Å². The highest BCUT2D eigenvalue weighted by Crippen LogP contribution is 2.20. The third kappa shape index (κ3) is 3.54. The van der Waals surface area contributed by atoms with E-state index in [1.807, 2.05) is 14.0 Å². The summed E-state index contributed by atoms with van der Waals surface area (Å²) >= 11 is 3.42. The Labute approximate surface area is 104 Å². The van der Waals surface area contributed by atoms with Crippen molar-refractivity contribution in [2.75, 3.05) is 14.2 Å². The zero-order chi connectivity index (χ0) is 12.1. The number of methoxy groups -OCH3 is 1. The molecule has 1 rings (SSSR count). The Kier molecular flexibility index (Phi) is 5.38. The van der Waals surface area contributed by atoms with E-state index < -0.39 is 0 Å². The summed E-state index contributed by atoms with van der Waals surface area (Å²) < 4.78 is 19.3. The molecule has 1 aromatic carbocycles. The molecule has 0 radical (unpaired) electrons. The minimum Gasteiger partial charge on any atom is -0.380 e. The summed E-state index contributed by atoms with van der Waals surface area (Å²) in [5, 5.41) is 3.18. The van der Waals surface area contributed by atoms with Crippen molar-refractivity contribution in [2.24, 2.45) is 0 Å². The van der Waals surface area contributed by atoms with E-state index in [1.165, 1.54) is 6.07 Å². The lowest BCUT2D eigenvalue weighted by Crippen LogP contribution is -2.38. The Balaban J connectivity index is 2.81. The van der Waals surface area contributed by atoms with Crippen molar-refractivity contribution in [2.45, 2.75) is 25.5 Å². The largest absolute Gasteiger partial charge is 0.380 e. The van der Waals surface area contributed by atoms with Gasteiger partial charge in [0.1, 0.15) is 5.82 Å². The summed E-state index contributed by atoms with van der Waals surface area (Å²) in [5.41, 5.74) is 0.947. The van der Waals surface area contributed by atoms with E-state index in [-0.39, 0.29) is 18.0 Å². The van der Waals surface area contributed by atoms with Gasteiger partial charge in [0.2, 0.25) is 0 Å². The molecule has 2 unspecified atom stereocenters. The van der Waals surface area contributed by atoms with Crippen molar-refractivity contribution in [3.63, 3.8) is 0 Å². The molecule has 0 aromatic heterocycles. The quantitative estimate of drug-likeness (QED) is 0.900. The number of nitrogens with one attached hydrogen (secondary N) is 1. The molecule has 0 saturated heterocycles. The van der Waals surface area contributed by atoms with Crippen LogP contribution in [0, 0.1) is 5.82 Å². The zero-order valence-electron chi connectivity index (χ0n) is 9.76. The van der Waals surface area contributed by atoms with Gasteiger partial charge in [-0.2, -0.15) is 0 Å². The van der Waals surface area contributed by atoms with E-state index in [1.54, 1.807) is 19.2 Å². The van der Waals surface area contributed by atoms with Gasteiger partial charge in [-0.1, -0.05) is 15.9 Å². The first kappa shape index (κ1) is 13.6. The SMILES string of the molecule is CNC(Cc1cc(F)ccc1Br)C(C)OC. The second kappa shape index (κ2) is 6.33. The van der Waals surface area contributed by atoms with Crippen LogP contribution in [-0.2, 0) is 11.2 Å². The van der Waals surface area contributed by atoms with Crippen molar-refractivity contribution in [3.05, 3.63) is 34.1 Å². The molecule has 16 heavy (non-hydrogen) atoms. The summed E-state index contributed by atoms with van der Waals surface area (Å²) in [5.74, 6) is -0.210. The molecule has 0 aliphatic carbocycles. The molecule has 0 spiro atoms. The highest BCUT2D eigenvalue weighted by atomic mass is 79.9. The van der Waals surface area contributed by atoms with Gasteiger partial charge < -0.3 is 10.1 Å². The summed E-state index contributed by atoms with van der Waals surface area (Å²) in [4.78, 5) is 0. The highest BCUT2D eigenvalue weighted by Gasteiger charge is 2.16. The van der Waals surface area contributed by atoms with Gasteiger partial charge in [-0.3, -0.25) is 0 Å². The molecule has 90 valence electrons. The van der Waals surface area contributed by atoms with Crippen molar-refractivity contribution in [1.29, 1.82) is 0 Å². The van der Waals surface area contributed by atoms with Gasteiger partial charge >= 0.3 is 0 Å². The number of halogens is 2. The summed E-state index contributed by atoms with van der Waals surface area (Å²) in [6, 6.07) is 4.90. The molecule has 0 heterocycles. The number of benzene rings is 1. The lowest BCUT2D eigenvalue weighted by Gasteiger charge is -2.22. The second-order valence-corrected chi connectivity index (χ2v) is 4.63. The molecule has 1 N–H and O–H groups in total. The van der Waals surface area contributed by atoms with Crippen LogP contribution in [0.1, 0.15) is 12.5 Å².